The highest BCUT2D eigenvalue weighted by Crippen LogP contribution is 2.46. The van der Waals surface area contributed by atoms with Crippen LogP contribution < -0.4 is 5.32 Å². The average Bonchev–Trinajstić information content (AvgIpc) is 2.83. The van der Waals surface area contributed by atoms with E-state index in [1.54, 1.807) is 17.0 Å². The first-order valence-corrected chi connectivity index (χ1v) is 14.0. The molecule has 1 heterocycles. The topological polar surface area (TPSA) is 107 Å². The summed E-state index contributed by atoms with van der Waals surface area (Å²) < 4.78 is 26.1. The molecular formula is C27H36ClN3O5S. The van der Waals surface area contributed by atoms with Gasteiger partial charge in [0.05, 0.1) is 10.5 Å². The van der Waals surface area contributed by atoms with Crippen molar-refractivity contribution in [1.82, 2.24) is 14.5 Å². The molecular weight excluding hydrogens is 514 g/mol. The number of piperidine rings is 1. The number of carbonyl (C=O) groups is 2. The number of rotatable bonds is 7. The first-order valence-electron chi connectivity index (χ1n) is 12.2. The molecule has 2 aromatic carbocycles. The fraction of sp³-hybridized carbons (Fsp3) is 0.481. The predicted molar refractivity (Wildman–Crippen MR) is 144 cm³/mol. The van der Waals surface area contributed by atoms with Crippen molar-refractivity contribution in [2.24, 2.45) is 11.3 Å². The van der Waals surface area contributed by atoms with Crippen LogP contribution in [-0.2, 0) is 20.4 Å². The maximum Gasteiger partial charge on any atom is 0.251 e. The minimum absolute atomic E-state index is 0.00293. The summed E-state index contributed by atoms with van der Waals surface area (Å²) in [5, 5.41) is 15.0. The summed E-state index contributed by atoms with van der Waals surface area (Å²) in [4.78, 5) is 28.4. The molecule has 0 spiro atoms. The Morgan fingerprint density at radius 1 is 1.11 bits per heavy atom. The second kappa shape index (κ2) is 10.7. The summed E-state index contributed by atoms with van der Waals surface area (Å²) in [5.41, 5.74) is -0.925. The number of likely N-dealkylation sites (tertiary alicyclic amines) is 1. The number of benzene rings is 2. The largest absolute Gasteiger partial charge is 0.384 e. The monoisotopic (exact) mass is 549 g/mol. The van der Waals surface area contributed by atoms with Gasteiger partial charge in [-0.2, -0.15) is 0 Å². The Kier molecular flexibility index (Phi) is 8.44. The van der Waals surface area contributed by atoms with Gasteiger partial charge in [-0.25, -0.2) is 12.7 Å². The maximum absolute atomic E-state index is 13.6. The lowest BCUT2D eigenvalue weighted by Crippen LogP contribution is -2.60. The number of halogens is 1. The average molecular weight is 550 g/mol. The Labute approximate surface area is 224 Å². The van der Waals surface area contributed by atoms with E-state index in [0.717, 1.165) is 9.87 Å². The molecule has 2 unspecified atom stereocenters. The molecule has 8 nitrogen and oxygen atoms in total. The molecule has 3 rings (SSSR count). The highest BCUT2D eigenvalue weighted by molar-refractivity contribution is 7.89. The first kappa shape index (κ1) is 29.1. The van der Waals surface area contributed by atoms with Gasteiger partial charge >= 0.3 is 0 Å². The molecule has 1 aliphatic heterocycles. The van der Waals surface area contributed by atoms with Crippen molar-refractivity contribution in [3.63, 3.8) is 0 Å². The Morgan fingerprint density at radius 2 is 1.73 bits per heavy atom. The Bertz CT molecular complexity index is 1260. The maximum atomic E-state index is 13.6. The number of aliphatic hydroxyl groups is 1. The summed E-state index contributed by atoms with van der Waals surface area (Å²) in [7, 11) is -0.873. The van der Waals surface area contributed by atoms with Gasteiger partial charge in [-0.15, -0.1) is 0 Å². The molecule has 0 aromatic heterocycles. The molecule has 1 fully saturated rings. The van der Waals surface area contributed by atoms with Crippen LogP contribution in [0.1, 0.15) is 50.0 Å². The summed E-state index contributed by atoms with van der Waals surface area (Å²) in [6.45, 7) is 8.13. The minimum atomic E-state index is -3.71. The lowest BCUT2D eigenvalue weighted by molar-refractivity contribution is -0.155. The Hall–Kier alpha value is -2.46. The van der Waals surface area contributed by atoms with E-state index >= 15 is 0 Å². The molecule has 37 heavy (non-hydrogen) atoms. The van der Waals surface area contributed by atoms with Gasteiger partial charge in [0.1, 0.15) is 6.04 Å². The molecule has 2 amide bonds. The third kappa shape index (κ3) is 5.85. The van der Waals surface area contributed by atoms with Crippen molar-refractivity contribution < 1.29 is 23.1 Å². The number of carbonyl (C=O) groups excluding carboxylic acids is 2. The van der Waals surface area contributed by atoms with Gasteiger partial charge in [0.2, 0.25) is 15.9 Å². The molecule has 0 saturated carbocycles. The van der Waals surface area contributed by atoms with Crippen LogP contribution in [0.3, 0.4) is 0 Å². The Balaban J connectivity index is 1.79. The van der Waals surface area contributed by atoms with Crippen molar-refractivity contribution in [1.29, 1.82) is 0 Å². The fourth-order valence-electron chi connectivity index (χ4n) is 4.71. The van der Waals surface area contributed by atoms with Gasteiger partial charge in [-0.05, 0) is 48.2 Å². The van der Waals surface area contributed by atoms with E-state index in [9.17, 15) is 23.1 Å². The zero-order valence-corrected chi connectivity index (χ0v) is 23.7. The van der Waals surface area contributed by atoms with E-state index in [-0.39, 0.29) is 22.3 Å². The van der Waals surface area contributed by atoms with Gasteiger partial charge in [0, 0.05) is 43.2 Å². The van der Waals surface area contributed by atoms with Crippen LogP contribution >= 0.6 is 11.6 Å². The highest BCUT2D eigenvalue weighted by Gasteiger charge is 2.50. The predicted octanol–water partition coefficient (Wildman–Crippen LogP) is 3.49. The minimum Gasteiger partial charge on any atom is -0.384 e. The van der Waals surface area contributed by atoms with E-state index in [4.69, 9.17) is 11.6 Å². The van der Waals surface area contributed by atoms with E-state index < -0.39 is 33.0 Å². The number of hydrogen-bond donors (Lipinski definition) is 2. The second-order valence-electron chi connectivity index (χ2n) is 10.8. The highest BCUT2D eigenvalue weighted by atomic mass is 35.5. The van der Waals surface area contributed by atoms with Crippen LogP contribution in [-0.4, -0.2) is 67.8 Å². The molecule has 0 radical (unpaired) electrons. The molecule has 0 bridgehead atoms. The van der Waals surface area contributed by atoms with Crippen LogP contribution in [0.4, 0.5) is 0 Å². The van der Waals surface area contributed by atoms with Gasteiger partial charge in [0.25, 0.3) is 5.91 Å². The summed E-state index contributed by atoms with van der Waals surface area (Å²) in [6, 6.07) is 12.0. The first-order chi connectivity index (χ1) is 17.1. The molecule has 2 N–H and O–H groups in total. The Morgan fingerprint density at radius 3 is 2.27 bits per heavy atom. The lowest BCUT2D eigenvalue weighted by atomic mass is 9.66. The molecule has 1 saturated heterocycles. The van der Waals surface area contributed by atoms with Crippen molar-refractivity contribution in [2.45, 2.75) is 50.7 Å². The molecule has 2 aromatic rings. The zero-order chi connectivity index (χ0) is 27.8. The van der Waals surface area contributed by atoms with Crippen molar-refractivity contribution >= 4 is 33.4 Å². The van der Waals surface area contributed by atoms with Crippen LogP contribution in [0.5, 0.6) is 0 Å². The zero-order valence-electron chi connectivity index (χ0n) is 22.2. The van der Waals surface area contributed by atoms with Gasteiger partial charge in [-0.3, -0.25) is 9.59 Å². The van der Waals surface area contributed by atoms with Crippen LogP contribution in [0, 0.1) is 11.3 Å². The van der Waals surface area contributed by atoms with Crippen molar-refractivity contribution in [3.05, 3.63) is 64.7 Å². The number of nitrogens with one attached hydrogen (secondary N) is 1. The van der Waals surface area contributed by atoms with Crippen LogP contribution in [0.25, 0.3) is 0 Å². The molecule has 202 valence electrons. The van der Waals surface area contributed by atoms with Crippen LogP contribution in [0.15, 0.2) is 53.4 Å². The van der Waals surface area contributed by atoms with Gasteiger partial charge in [0.15, 0.2) is 0 Å². The van der Waals surface area contributed by atoms with E-state index in [2.05, 4.69) is 5.32 Å². The van der Waals surface area contributed by atoms with Gasteiger partial charge in [-0.1, -0.05) is 57.5 Å². The fourth-order valence-corrected chi connectivity index (χ4v) is 5.79. The van der Waals surface area contributed by atoms with Crippen LogP contribution in [0.2, 0.25) is 5.02 Å². The van der Waals surface area contributed by atoms with E-state index in [1.807, 2.05) is 39.8 Å². The van der Waals surface area contributed by atoms with E-state index in [0.29, 0.717) is 24.5 Å². The number of sulfonamides is 1. The molecule has 0 aliphatic carbocycles. The smallest absolute Gasteiger partial charge is 0.251 e. The number of amides is 2. The number of nitrogens with zero attached hydrogens (tertiary/aromatic N) is 2. The summed E-state index contributed by atoms with van der Waals surface area (Å²) in [5.74, 6) is -0.992. The summed E-state index contributed by atoms with van der Waals surface area (Å²) in [6.07, 6.45) is 0.330. The standard InChI is InChI=1S/C27H36ClN3O5S/c1-18(2)23(29-24(32)19-8-7-9-22(16-19)37(35,36)30(5)6)25(33)31-15-14-27(34,26(3,4)17-31)20-10-12-21(28)13-11-20/h7-13,16,18,23,34H,14-15,17H2,1-6H3,(H,29,32). The van der Waals surface area contributed by atoms with E-state index in [1.165, 1.54) is 38.4 Å². The lowest BCUT2D eigenvalue weighted by Gasteiger charge is -2.51. The van der Waals surface area contributed by atoms with Gasteiger partial charge < -0.3 is 15.3 Å². The van der Waals surface area contributed by atoms with Crippen molar-refractivity contribution in [2.75, 3.05) is 27.2 Å². The normalized spacial score (nSPS) is 20.6. The van der Waals surface area contributed by atoms with Crippen molar-refractivity contribution in [3.8, 4) is 0 Å². The third-order valence-electron chi connectivity index (χ3n) is 7.18. The second-order valence-corrected chi connectivity index (χ2v) is 13.4. The summed E-state index contributed by atoms with van der Waals surface area (Å²) >= 11 is 6.03. The number of hydrogen-bond acceptors (Lipinski definition) is 5. The molecule has 1 aliphatic rings. The quantitative estimate of drug-likeness (QED) is 0.550. The molecule has 2 atom stereocenters. The molecule has 10 heteroatoms. The third-order valence-corrected chi connectivity index (χ3v) is 9.24. The SMILES string of the molecule is CC(C)C(NC(=O)c1cccc(S(=O)(=O)N(C)C)c1)C(=O)N1CCC(O)(c2ccc(Cl)cc2)C(C)(C)C1.